The van der Waals surface area contributed by atoms with Crippen molar-refractivity contribution in [1.82, 2.24) is 14.5 Å². The minimum Gasteiger partial charge on any atom is -0.322 e. The van der Waals surface area contributed by atoms with Gasteiger partial charge in [-0.2, -0.15) is 0 Å². The van der Waals surface area contributed by atoms with Gasteiger partial charge >= 0.3 is 0 Å². The van der Waals surface area contributed by atoms with E-state index in [2.05, 4.69) is 15.3 Å². The van der Waals surface area contributed by atoms with E-state index in [9.17, 15) is 9.18 Å². The van der Waals surface area contributed by atoms with Crippen molar-refractivity contribution in [3.63, 3.8) is 0 Å². The Bertz CT molecular complexity index is 852. The van der Waals surface area contributed by atoms with Gasteiger partial charge in [0.05, 0.1) is 22.9 Å². The molecule has 0 unspecified atom stereocenters. The summed E-state index contributed by atoms with van der Waals surface area (Å²) in [4.78, 5) is 20.3. The Morgan fingerprint density at radius 3 is 2.73 bits per heavy atom. The summed E-state index contributed by atoms with van der Waals surface area (Å²) in [5.41, 5.74) is 0.642. The number of rotatable bonds is 3. The molecule has 2 aromatic heterocycles. The quantitative estimate of drug-likeness (QED) is 0.808. The molecule has 1 amide bonds. The predicted molar refractivity (Wildman–Crippen MR) is 80.6 cm³/mol. The molecular weight excluding hydrogens is 283 g/mol. The molecule has 0 saturated heterocycles. The van der Waals surface area contributed by atoms with Crippen molar-refractivity contribution in [3.05, 3.63) is 48.9 Å². The topological polar surface area (TPSA) is 59.8 Å². The molecule has 1 N–H and O–H groups in total. The number of imidazole rings is 1. The highest BCUT2D eigenvalue weighted by Gasteiger charge is 2.50. The summed E-state index contributed by atoms with van der Waals surface area (Å²) in [6.07, 6.45) is 3.82. The maximum atomic E-state index is 13.6. The predicted octanol–water partition coefficient (Wildman–Crippen LogP) is 2.86. The summed E-state index contributed by atoms with van der Waals surface area (Å²) < 4.78 is 15.5. The third-order valence-corrected chi connectivity index (χ3v) is 3.80. The second-order valence-electron chi connectivity index (χ2n) is 5.43. The molecule has 4 rings (SSSR count). The van der Waals surface area contributed by atoms with Crippen LogP contribution in [0.25, 0.3) is 16.9 Å². The summed E-state index contributed by atoms with van der Waals surface area (Å²) >= 11 is 0. The molecule has 0 bridgehead atoms. The average molecular weight is 296 g/mol. The van der Waals surface area contributed by atoms with E-state index in [1.54, 1.807) is 18.5 Å². The van der Waals surface area contributed by atoms with E-state index in [1.807, 2.05) is 28.8 Å². The van der Waals surface area contributed by atoms with Gasteiger partial charge in [-0.1, -0.05) is 12.1 Å². The lowest BCUT2D eigenvalue weighted by molar-refractivity contribution is -0.122. The Morgan fingerprint density at radius 1 is 1.18 bits per heavy atom. The second kappa shape index (κ2) is 4.62. The SMILES string of the molecule is O=C(Nc1ccc(-n2cnc3ccccc32)nc1)C1(F)CC1. The van der Waals surface area contributed by atoms with Crippen molar-refractivity contribution >= 4 is 22.6 Å². The first kappa shape index (κ1) is 12.9. The maximum Gasteiger partial charge on any atom is 0.262 e. The number of anilines is 1. The van der Waals surface area contributed by atoms with Crippen LogP contribution >= 0.6 is 0 Å². The van der Waals surface area contributed by atoms with Gasteiger partial charge in [0.25, 0.3) is 5.91 Å². The number of amides is 1. The van der Waals surface area contributed by atoms with E-state index in [0.29, 0.717) is 24.3 Å². The highest BCUT2D eigenvalue weighted by Crippen LogP contribution is 2.40. The van der Waals surface area contributed by atoms with Crippen LogP contribution in [0.3, 0.4) is 0 Å². The van der Waals surface area contributed by atoms with E-state index >= 15 is 0 Å². The first-order valence-corrected chi connectivity index (χ1v) is 7.05. The van der Waals surface area contributed by atoms with Crippen molar-refractivity contribution < 1.29 is 9.18 Å². The number of nitrogens with one attached hydrogen (secondary N) is 1. The van der Waals surface area contributed by atoms with Gasteiger partial charge in [-0.15, -0.1) is 0 Å². The minimum absolute atomic E-state index is 0.297. The molecule has 6 heteroatoms. The molecule has 2 heterocycles. The largest absolute Gasteiger partial charge is 0.322 e. The summed E-state index contributed by atoms with van der Waals surface area (Å²) in [5, 5.41) is 2.55. The number of fused-ring (bicyclic) bond motifs is 1. The lowest BCUT2D eigenvalue weighted by atomic mass is 10.3. The highest BCUT2D eigenvalue weighted by molar-refractivity contribution is 5.99. The molecule has 1 aliphatic carbocycles. The van der Waals surface area contributed by atoms with Crippen LogP contribution in [0.2, 0.25) is 0 Å². The van der Waals surface area contributed by atoms with Crippen molar-refractivity contribution in [2.75, 3.05) is 5.32 Å². The zero-order chi connectivity index (χ0) is 15.2. The Kier molecular flexibility index (Phi) is 2.72. The standard InChI is InChI=1S/C16H13FN4O/c17-16(7-8-16)15(22)20-11-5-6-14(18-9-11)21-10-19-12-3-1-2-4-13(12)21/h1-6,9-10H,7-8H2,(H,20,22). The lowest BCUT2D eigenvalue weighted by Gasteiger charge is -2.08. The molecule has 0 aliphatic heterocycles. The molecule has 1 aliphatic rings. The van der Waals surface area contributed by atoms with Crippen LogP contribution in [-0.2, 0) is 4.79 Å². The monoisotopic (exact) mass is 296 g/mol. The van der Waals surface area contributed by atoms with Crippen molar-refractivity contribution in [2.45, 2.75) is 18.5 Å². The van der Waals surface area contributed by atoms with Crippen LogP contribution < -0.4 is 5.32 Å². The van der Waals surface area contributed by atoms with Crippen LogP contribution in [0.15, 0.2) is 48.9 Å². The zero-order valence-corrected chi connectivity index (χ0v) is 11.7. The number of carbonyl (C=O) groups excluding carboxylic acids is 1. The Hall–Kier alpha value is -2.76. The molecule has 110 valence electrons. The fraction of sp³-hybridized carbons (Fsp3) is 0.188. The molecule has 0 spiro atoms. The third kappa shape index (κ3) is 2.13. The van der Waals surface area contributed by atoms with E-state index in [4.69, 9.17) is 0 Å². The zero-order valence-electron chi connectivity index (χ0n) is 11.7. The number of benzene rings is 1. The van der Waals surface area contributed by atoms with E-state index in [0.717, 1.165) is 11.0 Å². The summed E-state index contributed by atoms with van der Waals surface area (Å²) in [7, 11) is 0. The fourth-order valence-corrected chi connectivity index (χ4v) is 2.32. The Balaban J connectivity index is 1.60. The van der Waals surface area contributed by atoms with Crippen LogP contribution in [0, 0.1) is 0 Å². The van der Waals surface area contributed by atoms with Gasteiger partial charge in [-0.25, -0.2) is 14.4 Å². The van der Waals surface area contributed by atoms with E-state index < -0.39 is 11.6 Å². The van der Waals surface area contributed by atoms with Crippen LogP contribution in [-0.4, -0.2) is 26.1 Å². The molecule has 0 radical (unpaired) electrons. The molecule has 1 aromatic carbocycles. The van der Waals surface area contributed by atoms with Gasteiger partial charge < -0.3 is 5.32 Å². The first-order chi connectivity index (χ1) is 10.7. The molecule has 0 atom stereocenters. The van der Waals surface area contributed by atoms with Gasteiger partial charge in [-0.05, 0) is 37.1 Å². The average Bonchev–Trinajstić information content (AvgIpc) is 3.15. The number of halogens is 1. The van der Waals surface area contributed by atoms with E-state index in [-0.39, 0.29) is 0 Å². The fourth-order valence-electron chi connectivity index (χ4n) is 2.32. The molecule has 5 nitrogen and oxygen atoms in total. The van der Waals surface area contributed by atoms with Crippen molar-refractivity contribution in [2.24, 2.45) is 0 Å². The first-order valence-electron chi connectivity index (χ1n) is 7.05. The number of hydrogen-bond acceptors (Lipinski definition) is 3. The second-order valence-corrected chi connectivity index (χ2v) is 5.43. The smallest absolute Gasteiger partial charge is 0.262 e. The normalized spacial score (nSPS) is 15.7. The molecule has 1 saturated carbocycles. The lowest BCUT2D eigenvalue weighted by Crippen LogP contribution is -2.25. The Labute approximate surface area is 125 Å². The third-order valence-electron chi connectivity index (χ3n) is 3.80. The van der Waals surface area contributed by atoms with Crippen molar-refractivity contribution in [1.29, 1.82) is 0 Å². The molecular formula is C16H13FN4O. The van der Waals surface area contributed by atoms with Crippen molar-refractivity contribution in [3.8, 4) is 5.82 Å². The van der Waals surface area contributed by atoms with Gasteiger partial charge in [0.2, 0.25) is 0 Å². The number of para-hydroxylation sites is 2. The maximum absolute atomic E-state index is 13.6. The molecule has 22 heavy (non-hydrogen) atoms. The Morgan fingerprint density at radius 2 is 2.00 bits per heavy atom. The summed E-state index contributed by atoms with van der Waals surface area (Å²) in [6.45, 7) is 0. The van der Waals surface area contributed by atoms with Gasteiger partial charge in [0.15, 0.2) is 5.67 Å². The number of hydrogen-bond donors (Lipinski definition) is 1. The summed E-state index contributed by atoms with van der Waals surface area (Å²) in [5.74, 6) is 0.100. The molecule has 3 aromatic rings. The number of pyridine rings is 1. The van der Waals surface area contributed by atoms with E-state index in [1.165, 1.54) is 6.20 Å². The molecule has 1 fully saturated rings. The van der Waals surface area contributed by atoms with Gasteiger partial charge in [-0.3, -0.25) is 9.36 Å². The highest BCUT2D eigenvalue weighted by atomic mass is 19.1. The van der Waals surface area contributed by atoms with Crippen LogP contribution in [0.1, 0.15) is 12.8 Å². The number of nitrogens with zero attached hydrogens (tertiary/aromatic N) is 3. The summed E-state index contributed by atoms with van der Waals surface area (Å²) in [6, 6.07) is 11.2. The number of carbonyl (C=O) groups is 1. The minimum atomic E-state index is -1.68. The number of aromatic nitrogens is 3. The van der Waals surface area contributed by atoms with Gasteiger partial charge in [0, 0.05) is 0 Å². The number of alkyl halides is 1. The van der Waals surface area contributed by atoms with Gasteiger partial charge in [0.1, 0.15) is 12.1 Å². The van der Waals surface area contributed by atoms with Crippen LogP contribution in [0.5, 0.6) is 0 Å². The van der Waals surface area contributed by atoms with Crippen LogP contribution in [0.4, 0.5) is 10.1 Å².